The molecule has 0 aliphatic carbocycles. The van der Waals surface area contributed by atoms with Gasteiger partial charge in [-0.2, -0.15) is 13.2 Å². The first kappa shape index (κ1) is 22.1. The topological polar surface area (TPSA) is 90.3 Å². The molecule has 0 unspecified atom stereocenters. The monoisotopic (exact) mass is 459 g/mol. The number of ketones is 1. The molecule has 0 radical (unpaired) electrons. The Balaban J connectivity index is 1.62. The Morgan fingerprint density at radius 3 is 2.58 bits per heavy atom. The van der Waals surface area contributed by atoms with E-state index in [1.54, 1.807) is 0 Å². The summed E-state index contributed by atoms with van der Waals surface area (Å²) in [6, 6.07) is 1.78. The molecular formula is C20H24F3N3O4S. The number of hydrogen-bond acceptors (Lipinski definition) is 6. The number of aromatic nitrogens is 2. The number of benzene rings is 1. The Bertz CT molecular complexity index is 1080. The van der Waals surface area contributed by atoms with E-state index in [0.717, 1.165) is 6.07 Å². The lowest BCUT2D eigenvalue weighted by molar-refractivity contribution is -0.136. The standard InChI is InChI=1S/C20H24F3N3O4S/c1-12-6-15(27)7-13(25-12)10-30-16-8-17(20(21,22)23)19-18(9-16)24-11-26(19)14-2-4-31(28,29)5-3-14/h8-9,11-14,25H,2-7,10H2,1H3/t12-,13-/m0/s1. The number of carbonyl (C=O) groups is 1. The molecule has 170 valence electrons. The summed E-state index contributed by atoms with van der Waals surface area (Å²) in [7, 11) is -3.14. The van der Waals surface area contributed by atoms with E-state index in [-0.39, 0.29) is 78.1 Å². The van der Waals surface area contributed by atoms with Crippen molar-refractivity contribution in [2.24, 2.45) is 0 Å². The van der Waals surface area contributed by atoms with E-state index in [2.05, 4.69) is 10.3 Å². The van der Waals surface area contributed by atoms with E-state index < -0.39 is 21.6 Å². The third kappa shape index (κ3) is 4.87. The second-order valence-corrected chi connectivity index (χ2v) is 10.7. The highest BCUT2D eigenvalue weighted by Gasteiger charge is 2.37. The van der Waals surface area contributed by atoms with Gasteiger partial charge in [-0.25, -0.2) is 13.4 Å². The summed E-state index contributed by atoms with van der Waals surface area (Å²) in [6.45, 7) is 1.95. The molecule has 4 rings (SSSR count). The number of sulfone groups is 1. The average Bonchev–Trinajstić information content (AvgIpc) is 3.08. The number of nitrogens with one attached hydrogen (secondary N) is 1. The number of nitrogens with zero attached hydrogens (tertiary/aromatic N) is 2. The van der Waals surface area contributed by atoms with Crippen LogP contribution in [0.4, 0.5) is 13.2 Å². The number of hydrogen-bond donors (Lipinski definition) is 1. The fourth-order valence-electron chi connectivity index (χ4n) is 4.40. The summed E-state index contributed by atoms with van der Waals surface area (Å²) in [5.41, 5.74) is -0.796. The molecule has 0 saturated carbocycles. The van der Waals surface area contributed by atoms with Crippen molar-refractivity contribution in [3.8, 4) is 5.75 Å². The maximum absolute atomic E-state index is 13.9. The fourth-order valence-corrected chi connectivity index (χ4v) is 5.87. The largest absolute Gasteiger partial charge is 0.492 e. The summed E-state index contributed by atoms with van der Waals surface area (Å²) in [4.78, 5) is 15.9. The maximum atomic E-state index is 13.9. The van der Waals surface area contributed by atoms with E-state index in [9.17, 15) is 26.4 Å². The van der Waals surface area contributed by atoms with Gasteiger partial charge in [0.15, 0.2) is 0 Å². The number of carbonyl (C=O) groups excluding carboxylic acids is 1. The zero-order valence-electron chi connectivity index (χ0n) is 17.0. The number of piperidine rings is 1. The first-order chi connectivity index (χ1) is 14.5. The summed E-state index contributed by atoms with van der Waals surface area (Å²) in [5.74, 6) is 0.0277. The SMILES string of the molecule is C[C@H]1CC(=O)C[C@@H](COc2cc(C(F)(F)F)c3c(c2)ncn3C2CCS(=O)(=O)CC2)N1. The molecule has 0 spiro atoms. The van der Waals surface area contributed by atoms with Crippen molar-refractivity contribution in [3.63, 3.8) is 0 Å². The molecule has 11 heteroatoms. The van der Waals surface area contributed by atoms with E-state index >= 15 is 0 Å². The molecule has 2 fully saturated rings. The number of halogens is 3. The lowest BCUT2D eigenvalue weighted by Crippen LogP contribution is -2.47. The summed E-state index contributed by atoms with van der Waals surface area (Å²) >= 11 is 0. The Morgan fingerprint density at radius 2 is 1.94 bits per heavy atom. The zero-order valence-corrected chi connectivity index (χ0v) is 17.8. The van der Waals surface area contributed by atoms with Crippen LogP contribution in [0.5, 0.6) is 5.75 Å². The van der Waals surface area contributed by atoms with Crippen molar-refractivity contribution < 1.29 is 31.1 Å². The van der Waals surface area contributed by atoms with Crippen molar-refractivity contribution in [2.45, 2.75) is 56.9 Å². The van der Waals surface area contributed by atoms with E-state index in [1.807, 2.05) is 6.92 Å². The van der Waals surface area contributed by atoms with Crippen LogP contribution in [0.25, 0.3) is 11.0 Å². The third-order valence-corrected chi connectivity index (χ3v) is 7.56. The van der Waals surface area contributed by atoms with Crippen LogP contribution in [0.15, 0.2) is 18.5 Å². The number of Topliss-reactive ketones (excluding diaryl/α,β-unsaturated/α-hetero) is 1. The van der Waals surface area contributed by atoms with Crippen LogP contribution in [-0.2, 0) is 20.8 Å². The third-order valence-electron chi connectivity index (χ3n) is 5.85. The smallest absolute Gasteiger partial charge is 0.418 e. The predicted molar refractivity (Wildman–Crippen MR) is 108 cm³/mol. The Labute approximate surface area is 177 Å². The maximum Gasteiger partial charge on any atom is 0.418 e. The minimum absolute atomic E-state index is 0.00178. The molecule has 2 atom stereocenters. The lowest BCUT2D eigenvalue weighted by atomic mass is 9.99. The first-order valence-corrected chi connectivity index (χ1v) is 12.0. The minimum atomic E-state index is -4.64. The average molecular weight is 459 g/mol. The molecule has 2 aliphatic rings. The highest BCUT2D eigenvalue weighted by Crippen LogP contribution is 2.39. The van der Waals surface area contributed by atoms with Crippen molar-refractivity contribution >= 4 is 26.7 Å². The van der Waals surface area contributed by atoms with Crippen LogP contribution in [0.2, 0.25) is 0 Å². The van der Waals surface area contributed by atoms with Crippen molar-refractivity contribution in [1.29, 1.82) is 0 Å². The molecule has 0 bridgehead atoms. The first-order valence-electron chi connectivity index (χ1n) is 10.2. The Kier molecular flexibility index (Phi) is 5.76. The van der Waals surface area contributed by atoms with Crippen molar-refractivity contribution in [1.82, 2.24) is 14.9 Å². The van der Waals surface area contributed by atoms with Gasteiger partial charge in [-0.1, -0.05) is 0 Å². The van der Waals surface area contributed by atoms with Crippen LogP contribution in [-0.4, -0.2) is 53.9 Å². The molecule has 31 heavy (non-hydrogen) atoms. The van der Waals surface area contributed by atoms with Gasteiger partial charge in [0.1, 0.15) is 28.0 Å². The van der Waals surface area contributed by atoms with Gasteiger partial charge in [0.05, 0.1) is 34.4 Å². The van der Waals surface area contributed by atoms with Crippen molar-refractivity contribution in [2.75, 3.05) is 18.1 Å². The van der Waals surface area contributed by atoms with Gasteiger partial charge in [-0.3, -0.25) is 4.79 Å². The number of rotatable bonds is 4. The Hall–Kier alpha value is -2.14. The molecule has 0 amide bonds. The van der Waals surface area contributed by atoms with Gasteiger partial charge in [-0.05, 0) is 25.8 Å². The van der Waals surface area contributed by atoms with E-state index in [0.29, 0.717) is 6.42 Å². The molecule has 3 heterocycles. The quantitative estimate of drug-likeness (QED) is 0.756. The van der Waals surface area contributed by atoms with Gasteiger partial charge in [0.2, 0.25) is 0 Å². The highest BCUT2D eigenvalue weighted by atomic mass is 32.2. The number of imidazole rings is 1. The normalized spacial score (nSPS) is 25.1. The lowest BCUT2D eigenvalue weighted by Gasteiger charge is -2.28. The van der Waals surface area contributed by atoms with Gasteiger partial charge in [-0.15, -0.1) is 0 Å². The van der Waals surface area contributed by atoms with Crippen LogP contribution in [0, 0.1) is 0 Å². The second kappa shape index (κ2) is 8.09. The molecule has 2 saturated heterocycles. The molecular weight excluding hydrogens is 435 g/mol. The van der Waals surface area contributed by atoms with E-state index in [4.69, 9.17) is 4.74 Å². The number of alkyl halides is 3. The summed E-state index contributed by atoms with van der Waals surface area (Å²) < 4.78 is 72.1. The fraction of sp³-hybridized carbons (Fsp3) is 0.600. The Morgan fingerprint density at radius 1 is 1.23 bits per heavy atom. The molecule has 2 aromatic rings. The van der Waals surface area contributed by atoms with Crippen LogP contribution < -0.4 is 10.1 Å². The van der Waals surface area contributed by atoms with E-state index in [1.165, 1.54) is 17.0 Å². The molecule has 1 aromatic heterocycles. The van der Waals surface area contributed by atoms with Gasteiger partial charge >= 0.3 is 6.18 Å². The summed E-state index contributed by atoms with van der Waals surface area (Å²) in [6.07, 6.45) is -2.08. The van der Waals surface area contributed by atoms with Crippen LogP contribution in [0.1, 0.15) is 44.2 Å². The van der Waals surface area contributed by atoms with Crippen molar-refractivity contribution in [3.05, 3.63) is 24.0 Å². The minimum Gasteiger partial charge on any atom is -0.492 e. The van der Waals surface area contributed by atoms with Crippen LogP contribution in [0.3, 0.4) is 0 Å². The van der Waals surface area contributed by atoms with Gasteiger partial charge in [0, 0.05) is 37.0 Å². The van der Waals surface area contributed by atoms with Crippen LogP contribution >= 0.6 is 0 Å². The molecule has 2 aliphatic heterocycles. The van der Waals surface area contributed by atoms with Gasteiger partial charge in [0.25, 0.3) is 0 Å². The molecule has 1 aromatic carbocycles. The molecule has 1 N–H and O–H groups in total. The highest BCUT2D eigenvalue weighted by molar-refractivity contribution is 7.91. The summed E-state index contributed by atoms with van der Waals surface area (Å²) in [5, 5.41) is 3.22. The predicted octanol–water partition coefficient (Wildman–Crippen LogP) is 2.89. The zero-order chi connectivity index (χ0) is 22.4. The number of fused-ring (bicyclic) bond motifs is 1. The molecule has 7 nitrogen and oxygen atoms in total. The second-order valence-electron chi connectivity index (χ2n) is 8.39. The van der Waals surface area contributed by atoms with Gasteiger partial charge < -0.3 is 14.6 Å². The number of ether oxygens (including phenoxy) is 1.